The summed E-state index contributed by atoms with van der Waals surface area (Å²) >= 11 is 0. The van der Waals surface area contributed by atoms with Gasteiger partial charge in [-0.2, -0.15) is 0 Å². The van der Waals surface area contributed by atoms with Crippen molar-refractivity contribution in [1.82, 2.24) is 19.5 Å². The maximum absolute atomic E-state index is 11.5. The summed E-state index contributed by atoms with van der Waals surface area (Å²) in [4.78, 5) is 23.1. The molecule has 3 rings (SSSR count). The third kappa shape index (κ3) is 1.61. The molecule has 3 aromatic heterocycles. The molecule has 0 amide bonds. The van der Waals surface area contributed by atoms with E-state index >= 15 is 0 Å². The van der Waals surface area contributed by atoms with Gasteiger partial charge in [-0.05, 0) is 12.1 Å². The molecule has 3 heterocycles. The average molecular weight is 226 g/mol. The van der Waals surface area contributed by atoms with Crippen molar-refractivity contribution in [1.29, 1.82) is 0 Å². The lowest BCUT2D eigenvalue weighted by Gasteiger charge is -1.98. The third-order valence-electron chi connectivity index (χ3n) is 2.66. The van der Waals surface area contributed by atoms with E-state index in [1.807, 2.05) is 12.1 Å². The van der Waals surface area contributed by atoms with E-state index in [1.165, 1.54) is 4.57 Å². The molecule has 0 aromatic carbocycles. The zero-order valence-corrected chi connectivity index (χ0v) is 9.21. The summed E-state index contributed by atoms with van der Waals surface area (Å²) in [6.07, 6.45) is 5.13. The van der Waals surface area contributed by atoms with Crippen LogP contribution < -0.4 is 5.56 Å². The quantitative estimate of drug-likeness (QED) is 0.680. The molecular weight excluding hydrogens is 216 g/mol. The lowest BCUT2D eigenvalue weighted by molar-refractivity contribution is 0.860. The van der Waals surface area contributed by atoms with Crippen LogP contribution >= 0.6 is 0 Å². The maximum Gasteiger partial charge on any atom is 0.250 e. The van der Waals surface area contributed by atoms with Gasteiger partial charge in [-0.15, -0.1) is 0 Å². The number of aryl methyl sites for hydroxylation is 1. The summed E-state index contributed by atoms with van der Waals surface area (Å²) in [7, 11) is 1.72. The summed E-state index contributed by atoms with van der Waals surface area (Å²) in [6, 6.07) is 5.24. The highest BCUT2D eigenvalue weighted by molar-refractivity contribution is 5.78. The van der Waals surface area contributed by atoms with Crippen molar-refractivity contribution in [2.45, 2.75) is 0 Å². The summed E-state index contributed by atoms with van der Waals surface area (Å²) in [5.74, 6) is 0.686. The molecule has 0 atom stereocenters. The van der Waals surface area contributed by atoms with Gasteiger partial charge in [0.2, 0.25) is 0 Å². The zero-order valence-electron chi connectivity index (χ0n) is 9.21. The Bertz CT molecular complexity index is 708. The predicted molar refractivity (Wildman–Crippen MR) is 64.6 cm³/mol. The summed E-state index contributed by atoms with van der Waals surface area (Å²) in [5, 5.41) is 0. The molecule has 5 heteroatoms. The van der Waals surface area contributed by atoms with E-state index in [1.54, 1.807) is 31.7 Å². The molecule has 0 radical (unpaired) electrons. The van der Waals surface area contributed by atoms with Gasteiger partial charge < -0.3 is 9.55 Å². The number of pyridine rings is 2. The van der Waals surface area contributed by atoms with Crippen LogP contribution in [0, 0.1) is 0 Å². The second-order valence-electron chi connectivity index (χ2n) is 3.84. The minimum Gasteiger partial charge on any atom is -0.337 e. The van der Waals surface area contributed by atoms with Crippen LogP contribution in [0.5, 0.6) is 0 Å². The topological polar surface area (TPSA) is 63.6 Å². The normalized spacial score (nSPS) is 10.9. The number of aromatic nitrogens is 4. The van der Waals surface area contributed by atoms with Crippen molar-refractivity contribution in [3.63, 3.8) is 0 Å². The van der Waals surface area contributed by atoms with E-state index in [0.29, 0.717) is 5.82 Å². The number of hydrogen-bond donors (Lipinski definition) is 1. The molecule has 1 N–H and O–H groups in total. The smallest absolute Gasteiger partial charge is 0.250 e. The molecule has 0 unspecified atom stereocenters. The lowest BCUT2D eigenvalue weighted by Crippen LogP contribution is -2.14. The van der Waals surface area contributed by atoms with Gasteiger partial charge >= 0.3 is 0 Å². The average Bonchev–Trinajstić information content (AvgIpc) is 2.76. The number of aromatic amines is 1. The Morgan fingerprint density at radius 1 is 1.35 bits per heavy atom. The van der Waals surface area contributed by atoms with E-state index in [9.17, 15) is 4.79 Å². The molecule has 5 nitrogen and oxygen atoms in total. The van der Waals surface area contributed by atoms with Gasteiger partial charge in [0.15, 0.2) is 0 Å². The van der Waals surface area contributed by atoms with Crippen molar-refractivity contribution < 1.29 is 0 Å². The van der Waals surface area contributed by atoms with Crippen molar-refractivity contribution in [2.24, 2.45) is 7.05 Å². The molecule has 0 aliphatic heterocycles. The number of imidazole rings is 1. The first-order chi connectivity index (χ1) is 8.24. The van der Waals surface area contributed by atoms with Crippen LogP contribution in [0.3, 0.4) is 0 Å². The number of nitrogens with one attached hydrogen (secondary N) is 1. The highest BCUT2D eigenvalue weighted by atomic mass is 16.1. The van der Waals surface area contributed by atoms with Gasteiger partial charge in [-0.1, -0.05) is 0 Å². The minimum atomic E-state index is -0.0546. The van der Waals surface area contributed by atoms with Crippen molar-refractivity contribution >= 4 is 11.0 Å². The molecule has 0 fully saturated rings. The van der Waals surface area contributed by atoms with Gasteiger partial charge in [-0.25, -0.2) is 4.98 Å². The summed E-state index contributed by atoms with van der Waals surface area (Å²) < 4.78 is 1.52. The number of fused-ring (bicyclic) bond motifs is 1. The molecule has 0 bridgehead atoms. The van der Waals surface area contributed by atoms with Crippen LogP contribution in [0.1, 0.15) is 0 Å². The van der Waals surface area contributed by atoms with Gasteiger partial charge in [-0.3, -0.25) is 9.78 Å². The Balaban J connectivity index is 2.20. The molecule has 0 saturated heterocycles. The van der Waals surface area contributed by atoms with Crippen LogP contribution in [0.15, 0.2) is 41.6 Å². The van der Waals surface area contributed by atoms with E-state index in [4.69, 9.17) is 0 Å². The fourth-order valence-electron chi connectivity index (χ4n) is 1.69. The van der Waals surface area contributed by atoms with Crippen LogP contribution in [-0.2, 0) is 7.05 Å². The molecule has 3 aromatic rings. The van der Waals surface area contributed by atoms with Crippen molar-refractivity contribution in [3.8, 4) is 11.4 Å². The third-order valence-corrected chi connectivity index (χ3v) is 2.66. The van der Waals surface area contributed by atoms with Crippen LogP contribution in [0.4, 0.5) is 0 Å². The molecule has 0 spiro atoms. The number of H-pyrrole nitrogens is 1. The lowest BCUT2D eigenvalue weighted by atomic mass is 10.2. The Hall–Kier alpha value is -2.43. The van der Waals surface area contributed by atoms with Crippen molar-refractivity contribution in [2.75, 3.05) is 0 Å². The highest BCUT2D eigenvalue weighted by Gasteiger charge is 2.05. The fourth-order valence-corrected chi connectivity index (χ4v) is 1.69. The first-order valence-electron chi connectivity index (χ1n) is 5.21. The highest BCUT2D eigenvalue weighted by Crippen LogP contribution is 2.17. The first-order valence-corrected chi connectivity index (χ1v) is 5.21. The number of nitrogens with zero attached hydrogens (tertiary/aromatic N) is 3. The van der Waals surface area contributed by atoms with Gasteiger partial charge in [0, 0.05) is 31.1 Å². The SMILES string of the molecule is Cn1ccc(-c2nc3ccncc3[nH]2)cc1=O. The molecule has 0 saturated carbocycles. The zero-order chi connectivity index (χ0) is 11.8. The monoisotopic (exact) mass is 226 g/mol. The summed E-state index contributed by atoms with van der Waals surface area (Å²) in [6.45, 7) is 0. The second-order valence-corrected chi connectivity index (χ2v) is 3.84. The van der Waals surface area contributed by atoms with Gasteiger partial charge in [0.05, 0.1) is 17.2 Å². The molecule has 17 heavy (non-hydrogen) atoms. The van der Waals surface area contributed by atoms with E-state index < -0.39 is 0 Å². The molecular formula is C12H10N4O. The van der Waals surface area contributed by atoms with E-state index in [0.717, 1.165) is 16.6 Å². The van der Waals surface area contributed by atoms with Crippen LogP contribution in [0.25, 0.3) is 22.4 Å². The fraction of sp³-hybridized carbons (Fsp3) is 0.0833. The molecule has 0 aliphatic carbocycles. The Morgan fingerprint density at radius 2 is 2.24 bits per heavy atom. The summed E-state index contributed by atoms with van der Waals surface area (Å²) in [5.41, 5.74) is 2.43. The standard InChI is InChI=1S/C12H10N4O/c1-16-5-3-8(6-11(16)17)12-14-9-2-4-13-7-10(9)15-12/h2-7H,1H3,(H,14,15). The molecule has 84 valence electrons. The van der Waals surface area contributed by atoms with E-state index in [-0.39, 0.29) is 5.56 Å². The molecule has 0 aliphatic rings. The largest absolute Gasteiger partial charge is 0.337 e. The Kier molecular flexibility index (Phi) is 2.04. The minimum absolute atomic E-state index is 0.0546. The van der Waals surface area contributed by atoms with Gasteiger partial charge in [0.1, 0.15) is 5.82 Å². The van der Waals surface area contributed by atoms with Crippen LogP contribution in [-0.4, -0.2) is 19.5 Å². The Labute approximate surface area is 96.8 Å². The number of rotatable bonds is 1. The number of hydrogen-bond acceptors (Lipinski definition) is 3. The van der Waals surface area contributed by atoms with E-state index in [2.05, 4.69) is 15.0 Å². The second kappa shape index (κ2) is 3.55. The van der Waals surface area contributed by atoms with Crippen molar-refractivity contribution in [3.05, 3.63) is 47.1 Å². The first kappa shape index (κ1) is 9.77. The predicted octanol–water partition coefficient (Wildman–Crippen LogP) is 1.32. The Morgan fingerprint density at radius 3 is 3.00 bits per heavy atom. The van der Waals surface area contributed by atoms with Crippen LogP contribution in [0.2, 0.25) is 0 Å². The van der Waals surface area contributed by atoms with Gasteiger partial charge in [0.25, 0.3) is 5.56 Å². The maximum atomic E-state index is 11.5.